The fraction of sp³-hybridized carbons (Fsp3) is 0.250. The highest BCUT2D eigenvalue weighted by molar-refractivity contribution is 9.10. The number of carbonyl (C=O) groups excluding carboxylic acids is 1. The minimum atomic E-state index is -0.217. The highest BCUT2D eigenvalue weighted by Crippen LogP contribution is 2.34. The van der Waals surface area contributed by atoms with Crippen molar-refractivity contribution in [1.29, 1.82) is 0 Å². The van der Waals surface area contributed by atoms with E-state index in [9.17, 15) is 4.79 Å². The number of ether oxygens (including phenoxy) is 1. The molecule has 2 aliphatic rings. The third kappa shape index (κ3) is 5.07. The van der Waals surface area contributed by atoms with Crippen LogP contribution in [-0.2, 0) is 4.74 Å². The SMILES string of the molecule is O=C(N/N=C/C1=C(N2CCOCC2)C(=C/c2ccccc2)/CC1)c1ccc(Br)cc1. The lowest BCUT2D eigenvalue weighted by molar-refractivity contribution is 0.0548. The predicted octanol–water partition coefficient (Wildman–Crippen LogP) is 4.63. The molecule has 0 saturated carbocycles. The van der Waals surface area contributed by atoms with Crippen LogP contribution in [0.2, 0.25) is 0 Å². The van der Waals surface area contributed by atoms with E-state index in [2.05, 4.69) is 61.7 Å². The topological polar surface area (TPSA) is 53.9 Å². The van der Waals surface area contributed by atoms with Crippen LogP contribution >= 0.6 is 15.9 Å². The maximum atomic E-state index is 12.3. The van der Waals surface area contributed by atoms with Gasteiger partial charge in [-0.05, 0) is 59.9 Å². The molecule has 1 heterocycles. The number of nitrogens with zero attached hydrogens (tertiary/aromatic N) is 2. The number of benzene rings is 2. The van der Waals surface area contributed by atoms with Gasteiger partial charge in [-0.1, -0.05) is 46.3 Å². The summed E-state index contributed by atoms with van der Waals surface area (Å²) >= 11 is 3.38. The highest BCUT2D eigenvalue weighted by Gasteiger charge is 2.25. The second kappa shape index (κ2) is 9.87. The number of nitrogens with one attached hydrogen (secondary N) is 1. The van der Waals surface area contributed by atoms with Crippen molar-refractivity contribution in [3.63, 3.8) is 0 Å². The zero-order chi connectivity index (χ0) is 20.8. The molecule has 1 N–H and O–H groups in total. The number of hydrogen-bond donors (Lipinski definition) is 1. The Labute approximate surface area is 185 Å². The van der Waals surface area contributed by atoms with Crippen molar-refractivity contribution in [2.45, 2.75) is 12.8 Å². The van der Waals surface area contributed by atoms with Crippen LogP contribution in [-0.4, -0.2) is 43.3 Å². The van der Waals surface area contributed by atoms with E-state index in [1.165, 1.54) is 16.8 Å². The first-order chi connectivity index (χ1) is 14.7. The summed E-state index contributed by atoms with van der Waals surface area (Å²) in [4.78, 5) is 14.7. The van der Waals surface area contributed by atoms with Crippen molar-refractivity contribution in [2.24, 2.45) is 5.10 Å². The van der Waals surface area contributed by atoms with Gasteiger partial charge in [0.1, 0.15) is 0 Å². The van der Waals surface area contributed by atoms with Crippen molar-refractivity contribution in [2.75, 3.05) is 26.3 Å². The first-order valence-electron chi connectivity index (χ1n) is 10.1. The number of carbonyl (C=O) groups is 1. The molecule has 4 rings (SSSR count). The van der Waals surface area contributed by atoms with E-state index in [4.69, 9.17) is 4.74 Å². The molecule has 0 radical (unpaired) electrons. The first kappa shape index (κ1) is 20.6. The molecule has 0 atom stereocenters. The van der Waals surface area contributed by atoms with E-state index in [1.807, 2.05) is 18.2 Å². The molecular weight excluding hydrogens is 442 g/mol. The highest BCUT2D eigenvalue weighted by atomic mass is 79.9. The molecular formula is C24H24BrN3O2. The Balaban J connectivity index is 1.55. The standard InChI is InChI=1S/C24H24BrN3O2/c25-22-10-8-19(9-11-22)24(29)27-26-17-21-7-6-20(16-18-4-2-1-3-5-18)23(21)28-12-14-30-15-13-28/h1-5,8-11,16-17H,6-7,12-15H2,(H,27,29)/b20-16+,26-17+. The van der Waals surface area contributed by atoms with Crippen molar-refractivity contribution >= 4 is 34.1 Å². The predicted molar refractivity (Wildman–Crippen MR) is 123 cm³/mol. The zero-order valence-corrected chi connectivity index (χ0v) is 18.3. The van der Waals surface area contributed by atoms with Gasteiger partial charge in [-0.25, -0.2) is 5.43 Å². The molecule has 0 bridgehead atoms. The summed E-state index contributed by atoms with van der Waals surface area (Å²) in [6, 6.07) is 17.6. The number of amides is 1. The summed E-state index contributed by atoms with van der Waals surface area (Å²) in [5.74, 6) is -0.217. The van der Waals surface area contributed by atoms with Crippen LogP contribution in [0.15, 0.2) is 81.0 Å². The molecule has 1 aliphatic heterocycles. The molecule has 154 valence electrons. The maximum absolute atomic E-state index is 12.3. The van der Waals surface area contributed by atoms with Crippen LogP contribution < -0.4 is 5.43 Å². The molecule has 2 aromatic carbocycles. The van der Waals surface area contributed by atoms with Gasteiger partial charge in [0, 0.05) is 28.8 Å². The third-order valence-electron chi connectivity index (χ3n) is 5.23. The largest absolute Gasteiger partial charge is 0.378 e. The average Bonchev–Trinajstić information content (AvgIpc) is 3.17. The van der Waals surface area contributed by atoms with Gasteiger partial charge in [0.15, 0.2) is 0 Å². The Kier molecular flexibility index (Phi) is 6.77. The van der Waals surface area contributed by atoms with Gasteiger partial charge < -0.3 is 9.64 Å². The molecule has 2 aromatic rings. The minimum Gasteiger partial charge on any atom is -0.378 e. The molecule has 0 unspecified atom stereocenters. The van der Waals surface area contributed by atoms with E-state index >= 15 is 0 Å². The summed E-state index contributed by atoms with van der Waals surface area (Å²) in [7, 11) is 0. The average molecular weight is 466 g/mol. The van der Waals surface area contributed by atoms with Crippen molar-refractivity contribution < 1.29 is 9.53 Å². The van der Waals surface area contributed by atoms with Gasteiger partial charge in [0.25, 0.3) is 5.91 Å². The van der Waals surface area contributed by atoms with Gasteiger partial charge in [-0.2, -0.15) is 5.10 Å². The smallest absolute Gasteiger partial charge is 0.271 e. The van der Waals surface area contributed by atoms with Crippen LogP contribution in [0.5, 0.6) is 0 Å². The van der Waals surface area contributed by atoms with Crippen LogP contribution in [0.3, 0.4) is 0 Å². The summed E-state index contributed by atoms with van der Waals surface area (Å²) in [6.07, 6.45) is 5.92. The first-order valence-corrected chi connectivity index (χ1v) is 10.9. The number of halogens is 1. The Hall–Kier alpha value is -2.70. The van der Waals surface area contributed by atoms with Gasteiger partial charge >= 0.3 is 0 Å². The number of hydrogen-bond acceptors (Lipinski definition) is 4. The lowest BCUT2D eigenvalue weighted by atomic mass is 10.1. The molecule has 1 aliphatic carbocycles. The van der Waals surface area contributed by atoms with Crippen molar-refractivity contribution in [3.05, 3.63) is 87.0 Å². The lowest BCUT2D eigenvalue weighted by Crippen LogP contribution is -2.36. The lowest BCUT2D eigenvalue weighted by Gasteiger charge is -2.31. The Morgan fingerprint density at radius 3 is 2.50 bits per heavy atom. The fourth-order valence-corrected chi connectivity index (χ4v) is 4.02. The number of morpholine rings is 1. The molecule has 6 heteroatoms. The van der Waals surface area contributed by atoms with Crippen LogP contribution in [0.1, 0.15) is 28.8 Å². The molecule has 1 saturated heterocycles. The summed E-state index contributed by atoms with van der Waals surface area (Å²) in [6.45, 7) is 3.19. The molecule has 0 spiro atoms. The van der Waals surface area contributed by atoms with E-state index in [-0.39, 0.29) is 5.91 Å². The molecule has 30 heavy (non-hydrogen) atoms. The number of allylic oxidation sites excluding steroid dienone is 2. The van der Waals surface area contributed by atoms with E-state index in [0.29, 0.717) is 5.56 Å². The summed E-state index contributed by atoms with van der Waals surface area (Å²) in [5, 5.41) is 4.26. The van der Waals surface area contributed by atoms with Crippen LogP contribution in [0.25, 0.3) is 6.08 Å². The Morgan fingerprint density at radius 2 is 1.77 bits per heavy atom. The number of rotatable bonds is 5. The minimum absolute atomic E-state index is 0.217. The van der Waals surface area contributed by atoms with Gasteiger partial charge in [-0.3, -0.25) is 4.79 Å². The maximum Gasteiger partial charge on any atom is 0.271 e. The van der Waals surface area contributed by atoms with Gasteiger partial charge in [-0.15, -0.1) is 0 Å². The third-order valence-corrected chi connectivity index (χ3v) is 5.76. The number of hydrazone groups is 1. The molecule has 1 fully saturated rings. The van der Waals surface area contributed by atoms with E-state index < -0.39 is 0 Å². The second-order valence-electron chi connectivity index (χ2n) is 7.26. The zero-order valence-electron chi connectivity index (χ0n) is 16.7. The summed E-state index contributed by atoms with van der Waals surface area (Å²) in [5.41, 5.74) is 8.11. The van der Waals surface area contributed by atoms with E-state index in [0.717, 1.165) is 49.2 Å². The van der Waals surface area contributed by atoms with Crippen molar-refractivity contribution in [3.8, 4) is 0 Å². The Morgan fingerprint density at radius 1 is 1.03 bits per heavy atom. The fourth-order valence-electron chi connectivity index (χ4n) is 3.76. The van der Waals surface area contributed by atoms with Gasteiger partial charge in [0.2, 0.25) is 0 Å². The summed E-state index contributed by atoms with van der Waals surface area (Å²) < 4.78 is 6.48. The molecule has 1 amide bonds. The van der Waals surface area contributed by atoms with Crippen LogP contribution in [0.4, 0.5) is 0 Å². The monoisotopic (exact) mass is 465 g/mol. The molecule has 5 nitrogen and oxygen atoms in total. The normalized spacial score (nSPS) is 18.4. The second-order valence-corrected chi connectivity index (χ2v) is 8.18. The van der Waals surface area contributed by atoms with Gasteiger partial charge in [0.05, 0.1) is 19.4 Å². The van der Waals surface area contributed by atoms with E-state index in [1.54, 1.807) is 18.3 Å². The Bertz CT molecular complexity index is 975. The van der Waals surface area contributed by atoms with Crippen molar-refractivity contribution in [1.82, 2.24) is 10.3 Å². The quantitative estimate of drug-likeness (QED) is 0.517. The molecule has 0 aromatic heterocycles. The van der Waals surface area contributed by atoms with Crippen LogP contribution in [0, 0.1) is 0 Å².